The molecule has 1 aliphatic heterocycles. The van der Waals surface area contributed by atoms with Crippen molar-refractivity contribution >= 4 is 15.9 Å². The molecule has 1 aromatic heterocycles. The monoisotopic (exact) mass is 373 g/mol. The van der Waals surface area contributed by atoms with Gasteiger partial charge in [-0.1, -0.05) is 6.07 Å². The van der Waals surface area contributed by atoms with Crippen LogP contribution in [0.4, 0.5) is 0 Å². The molecule has 3 rings (SSSR count). The molecule has 136 valence electrons. The van der Waals surface area contributed by atoms with E-state index in [0.717, 1.165) is 12.8 Å². The number of amides is 1. The summed E-state index contributed by atoms with van der Waals surface area (Å²) in [5.74, 6) is 0.0688. The molecular formula is C17H19N5O3S. The van der Waals surface area contributed by atoms with E-state index in [-0.39, 0.29) is 23.3 Å². The van der Waals surface area contributed by atoms with E-state index >= 15 is 0 Å². The summed E-state index contributed by atoms with van der Waals surface area (Å²) in [6.07, 6.45) is 4.70. The highest BCUT2D eigenvalue weighted by molar-refractivity contribution is 7.89. The number of rotatable bonds is 5. The molecule has 0 saturated carbocycles. The van der Waals surface area contributed by atoms with Gasteiger partial charge in [-0.3, -0.25) is 4.79 Å². The molecule has 1 fully saturated rings. The Morgan fingerprint density at radius 1 is 1.46 bits per heavy atom. The Kier molecular flexibility index (Phi) is 5.35. The largest absolute Gasteiger partial charge is 0.347 e. The third kappa shape index (κ3) is 4.09. The molecule has 0 bridgehead atoms. The maximum atomic E-state index is 12.7. The van der Waals surface area contributed by atoms with E-state index in [9.17, 15) is 13.2 Å². The second-order valence-electron chi connectivity index (χ2n) is 6.11. The zero-order valence-electron chi connectivity index (χ0n) is 14.1. The van der Waals surface area contributed by atoms with Gasteiger partial charge in [0.05, 0.1) is 23.4 Å². The van der Waals surface area contributed by atoms with Crippen LogP contribution in [0.2, 0.25) is 0 Å². The minimum Gasteiger partial charge on any atom is -0.347 e. The first-order valence-electron chi connectivity index (χ1n) is 8.26. The summed E-state index contributed by atoms with van der Waals surface area (Å²) >= 11 is 0. The number of nitrogens with one attached hydrogen (secondary N) is 2. The predicted molar refractivity (Wildman–Crippen MR) is 93.3 cm³/mol. The number of piperidine rings is 1. The molecule has 9 heteroatoms. The Labute approximate surface area is 151 Å². The van der Waals surface area contributed by atoms with E-state index in [2.05, 4.69) is 20.8 Å². The van der Waals surface area contributed by atoms with E-state index in [1.807, 2.05) is 0 Å². The molecule has 0 spiro atoms. The van der Waals surface area contributed by atoms with Crippen molar-refractivity contribution in [2.45, 2.75) is 24.3 Å². The van der Waals surface area contributed by atoms with E-state index in [1.165, 1.54) is 18.3 Å². The van der Waals surface area contributed by atoms with Gasteiger partial charge in [0.15, 0.2) is 0 Å². The molecule has 8 nitrogen and oxygen atoms in total. The number of H-pyrrole nitrogens is 1. The number of benzene rings is 1. The molecule has 1 saturated heterocycles. The van der Waals surface area contributed by atoms with E-state index in [4.69, 9.17) is 5.26 Å². The number of carbonyl (C=O) groups is 1. The summed E-state index contributed by atoms with van der Waals surface area (Å²) in [5, 5.41) is 9.07. The molecule has 26 heavy (non-hydrogen) atoms. The van der Waals surface area contributed by atoms with Crippen molar-refractivity contribution in [2.75, 3.05) is 13.1 Å². The maximum Gasteiger partial charge on any atom is 0.253 e. The minimum atomic E-state index is -3.77. The molecule has 2 aromatic rings. The molecule has 1 atom stereocenters. The van der Waals surface area contributed by atoms with Crippen molar-refractivity contribution in [1.29, 1.82) is 5.26 Å². The number of aromatic nitrogens is 2. The lowest BCUT2D eigenvalue weighted by Crippen LogP contribution is -2.39. The van der Waals surface area contributed by atoms with E-state index in [0.29, 0.717) is 24.5 Å². The number of imidazole rings is 1. The number of sulfonamides is 1. The third-order valence-electron chi connectivity index (χ3n) is 4.27. The first-order valence-corrected chi connectivity index (χ1v) is 9.75. The minimum absolute atomic E-state index is 0.0174. The number of hydrogen-bond donors (Lipinski definition) is 2. The third-order valence-corrected chi connectivity index (χ3v) is 5.67. The smallest absolute Gasteiger partial charge is 0.253 e. The molecule has 0 unspecified atom stereocenters. The Morgan fingerprint density at radius 3 is 3.04 bits per heavy atom. The van der Waals surface area contributed by atoms with Crippen LogP contribution in [0.1, 0.15) is 29.0 Å². The fourth-order valence-electron chi connectivity index (χ4n) is 2.89. The summed E-state index contributed by atoms with van der Waals surface area (Å²) in [4.78, 5) is 21.1. The van der Waals surface area contributed by atoms with Gasteiger partial charge >= 0.3 is 0 Å². The summed E-state index contributed by atoms with van der Waals surface area (Å²) in [5.41, 5.74) is 0.296. The molecule has 1 amide bonds. The first kappa shape index (κ1) is 18.1. The average molecular weight is 373 g/mol. The lowest BCUT2D eigenvalue weighted by atomic mass is 9.99. The van der Waals surface area contributed by atoms with Gasteiger partial charge in [0.25, 0.3) is 5.91 Å². The predicted octanol–water partition coefficient (Wildman–Crippen LogP) is 1.26. The second kappa shape index (κ2) is 7.68. The van der Waals surface area contributed by atoms with Crippen LogP contribution in [0.25, 0.3) is 0 Å². The van der Waals surface area contributed by atoms with Gasteiger partial charge in [-0.05, 0) is 31.0 Å². The highest BCUT2D eigenvalue weighted by Gasteiger charge is 2.25. The van der Waals surface area contributed by atoms with Gasteiger partial charge in [0.2, 0.25) is 10.0 Å². The van der Waals surface area contributed by atoms with Crippen molar-refractivity contribution in [3.8, 4) is 6.07 Å². The second-order valence-corrected chi connectivity index (χ2v) is 7.87. The average Bonchev–Trinajstić information content (AvgIpc) is 3.20. The van der Waals surface area contributed by atoms with Crippen LogP contribution in [0.3, 0.4) is 0 Å². The number of hydrogen-bond acceptors (Lipinski definition) is 5. The summed E-state index contributed by atoms with van der Waals surface area (Å²) in [6, 6.07) is 8.13. The van der Waals surface area contributed by atoms with Crippen LogP contribution < -0.4 is 4.72 Å². The van der Waals surface area contributed by atoms with Crippen LogP contribution in [0, 0.1) is 17.2 Å². The number of aromatic amines is 1. The summed E-state index contributed by atoms with van der Waals surface area (Å²) in [7, 11) is -3.77. The first-order chi connectivity index (χ1) is 12.5. The molecule has 2 N–H and O–H groups in total. The van der Waals surface area contributed by atoms with Crippen LogP contribution in [0.15, 0.2) is 41.6 Å². The highest BCUT2D eigenvalue weighted by Crippen LogP contribution is 2.19. The van der Waals surface area contributed by atoms with Crippen LogP contribution in [0.5, 0.6) is 0 Å². The fraction of sp³-hybridized carbons (Fsp3) is 0.353. The van der Waals surface area contributed by atoms with Gasteiger partial charge in [-0.25, -0.2) is 18.1 Å². The number of nitrogens with zero attached hydrogens (tertiary/aromatic N) is 3. The quantitative estimate of drug-likeness (QED) is 0.818. The van der Waals surface area contributed by atoms with E-state index in [1.54, 1.807) is 23.2 Å². The van der Waals surface area contributed by atoms with Crippen LogP contribution >= 0.6 is 0 Å². The van der Waals surface area contributed by atoms with Crippen molar-refractivity contribution in [1.82, 2.24) is 19.6 Å². The SMILES string of the molecule is N#C[C@H]1CCCN(C(=O)c2cccc(S(=O)(=O)NCc3ncc[nH]3)c2)C1. The van der Waals surface area contributed by atoms with Crippen molar-refractivity contribution in [2.24, 2.45) is 5.92 Å². The number of nitriles is 1. The zero-order chi connectivity index (χ0) is 18.6. The Hall–Kier alpha value is -2.70. The molecule has 2 heterocycles. The van der Waals surface area contributed by atoms with Gasteiger partial charge in [-0.15, -0.1) is 0 Å². The van der Waals surface area contributed by atoms with Gasteiger partial charge in [0.1, 0.15) is 5.82 Å². The molecule has 0 aliphatic carbocycles. The van der Waals surface area contributed by atoms with Crippen LogP contribution in [-0.2, 0) is 16.6 Å². The normalized spacial score (nSPS) is 17.7. The van der Waals surface area contributed by atoms with Crippen molar-refractivity contribution < 1.29 is 13.2 Å². The lowest BCUT2D eigenvalue weighted by Gasteiger charge is -2.29. The van der Waals surface area contributed by atoms with Crippen molar-refractivity contribution in [3.05, 3.63) is 48.0 Å². The Balaban J connectivity index is 1.75. The Morgan fingerprint density at radius 2 is 2.31 bits per heavy atom. The van der Waals surface area contributed by atoms with Crippen LogP contribution in [-0.4, -0.2) is 42.3 Å². The molecule has 0 radical (unpaired) electrons. The van der Waals surface area contributed by atoms with E-state index < -0.39 is 10.0 Å². The summed E-state index contributed by atoms with van der Waals surface area (Å²) < 4.78 is 27.4. The number of likely N-dealkylation sites (tertiary alicyclic amines) is 1. The molecule has 1 aromatic carbocycles. The molecule has 1 aliphatic rings. The fourth-order valence-corrected chi connectivity index (χ4v) is 3.92. The standard InChI is InChI=1S/C17H19N5O3S/c18-10-13-3-2-8-22(12-13)17(23)14-4-1-5-15(9-14)26(24,25)21-11-16-19-6-7-20-16/h1,4-7,9,13,21H,2-3,8,11-12H2,(H,19,20)/t13-/m1/s1. The lowest BCUT2D eigenvalue weighted by molar-refractivity contribution is 0.0698. The van der Waals surface area contributed by atoms with Gasteiger partial charge in [0, 0.05) is 31.0 Å². The maximum absolute atomic E-state index is 12.7. The highest BCUT2D eigenvalue weighted by atomic mass is 32.2. The topological polar surface area (TPSA) is 119 Å². The Bertz CT molecular complexity index is 918. The summed E-state index contributed by atoms with van der Waals surface area (Å²) in [6.45, 7) is 0.983. The van der Waals surface area contributed by atoms with Gasteiger partial charge in [-0.2, -0.15) is 5.26 Å². The van der Waals surface area contributed by atoms with Crippen molar-refractivity contribution in [3.63, 3.8) is 0 Å². The number of carbonyl (C=O) groups excluding carboxylic acids is 1. The zero-order valence-corrected chi connectivity index (χ0v) is 14.9. The van der Waals surface area contributed by atoms with Gasteiger partial charge < -0.3 is 9.88 Å². The molecular weight excluding hydrogens is 354 g/mol.